The maximum atomic E-state index is 5.77. The molecule has 0 aliphatic heterocycles. The molecule has 0 amide bonds. The molecule has 1 N–H and O–H groups in total. The van der Waals surface area contributed by atoms with E-state index in [0.717, 1.165) is 0 Å². The van der Waals surface area contributed by atoms with Crippen LogP contribution >= 0.6 is 12.2 Å². The average Bonchev–Trinajstić information content (AvgIpc) is 1.71. The van der Waals surface area contributed by atoms with E-state index in [2.05, 4.69) is 26.1 Å². The summed E-state index contributed by atoms with van der Waals surface area (Å²) < 4.78 is 0. The Hall–Kier alpha value is -0.200. The van der Waals surface area contributed by atoms with Crippen LogP contribution in [0.5, 0.6) is 0 Å². The van der Waals surface area contributed by atoms with Crippen molar-refractivity contribution in [1.29, 1.82) is 5.41 Å². The first-order valence-electron chi connectivity index (χ1n) is 2.87. The molecule has 0 fully saturated rings. The topological polar surface area (TPSA) is 23.9 Å². The van der Waals surface area contributed by atoms with Gasteiger partial charge in [0.1, 0.15) is 0 Å². The van der Waals surface area contributed by atoms with Gasteiger partial charge in [-0.15, -0.1) is 0 Å². The molecule has 2 heteroatoms. The molecule has 0 atom stereocenters. The molecule has 48 valence electrons. The van der Waals surface area contributed by atoms with Crippen molar-refractivity contribution >= 4 is 17.4 Å². The van der Waals surface area contributed by atoms with Crippen molar-refractivity contribution < 1.29 is 0 Å². The first-order chi connectivity index (χ1) is 3.83. The van der Waals surface area contributed by atoms with E-state index in [1.165, 1.54) is 19.3 Å². The van der Waals surface area contributed by atoms with E-state index in [9.17, 15) is 0 Å². The summed E-state index contributed by atoms with van der Waals surface area (Å²) in [7, 11) is 0. The van der Waals surface area contributed by atoms with Gasteiger partial charge in [0.2, 0.25) is 0 Å². The van der Waals surface area contributed by atoms with Gasteiger partial charge in [0.05, 0.1) is 5.16 Å². The van der Waals surface area contributed by atoms with Gasteiger partial charge < -0.3 is 0 Å². The van der Waals surface area contributed by atoms with Crippen LogP contribution in [-0.4, -0.2) is 5.16 Å². The Kier molecular flexibility index (Phi) is 21.2. The summed E-state index contributed by atoms with van der Waals surface area (Å²) in [5.41, 5.74) is 0. The van der Waals surface area contributed by atoms with Crippen molar-refractivity contribution in [3.8, 4) is 0 Å². The number of unbranched alkanes of at least 4 members (excludes halogenated alkanes) is 2. The minimum absolute atomic E-state index is 1.34. The Morgan fingerprint density at radius 3 is 1.62 bits per heavy atom. The van der Waals surface area contributed by atoms with Crippen LogP contribution in [0.25, 0.3) is 0 Å². The second kappa shape index (κ2) is 15.8. The van der Waals surface area contributed by atoms with Gasteiger partial charge in [-0.25, -0.2) is 5.41 Å². The van der Waals surface area contributed by atoms with Crippen LogP contribution in [-0.2, 0) is 0 Å². The molecule has 0 aromatic heterocycles. The Morgan fingerprint density at radius 1 is 1.38 bits per heavy atom. The molecule has 0 radical (unpaired) electrons. The van der Waals surface area contributed by atoms with Gasteiger partial charge in [0.15, 0.2) is 0 Å². The van der Waals surface area contributed by atoms with Gasteiger partial charge in [-0.05, 0) is 12.2 Å². The van der Waals surface area contributed by atoms with Crippen LogP contribution in [0.3, 0.4) is 0 Å². The zero-order chi connectivity index (χ0) is 6.83. The van der Waals surface area contributed by atoms with Gasteiger partial charge >= 0.3 is 0 Å². The first-order valence-corrected chi connectivity index (χ1v) is 3.28. The number of hydrogen-bond donors (Lipinski definition) is 1. The van der Waals surface area contributed by atoms with Gasteiger partial charge in [-0.3, -0.25) is 0 Å². The average molecular weight is 131 g/mol. The van der Waals surface area contributed by atoms with Crippen LogP contribution in [0.1, 0.15) is 33.1 Å². The van der Waals surface area contributed by atoms with Gasteiger partial charge in [-0.1, -0.05) is 33.1 Å². The van der Waals surface area contributed by atoms with Crippen LogP contribution in [0, 0.1) is 5.41 Å². The quantitative estimate of drug-likeness (QED) is 0.452. The summed E-state index contributed by atoms with van der Waals surface area (Å²) >= 11 is 3.81. The molecular formula is C6H13NS. The van der Waals surface area contributed by atoms with E-state index in [-0.39, 0.29) is 0 Å². The lowest BCUT2D eigenvalue weighted by Gasteiger charge is -1.79. The van der Waals surface area contributed by atoms with Crippen LogP contribution < -0.4 is 0 Å². The molecule has 0 saturated carbocycles. The molecule has 0 heterocycles. The van der Waals surface area contributed by atoms with Gasteiger partial charge in [0.25, 0.3) is 0 Å². The van der Waals surface area contributed by atoms with E-state index in [4.69, 9.17) is 5.41 Å². The minimum Gasteiger partial charge on any atom is -0.248 e. The van der Waals surface area contributed by atoms with Crippen molar-refractivity contribution in [2.45, 2.75) is 33.1 Å². The summed E-state index contributed by atoms with van der Waals surface area (Å²) in [6.07, 6.45) is 4.08. The minimum atomic E-state index is 1.34. The molecule has 0 spiro atoms. The van der Waals surface area contributed by atoms with Crippen molar-refractivity contribution in [2.75, 3.05) is 0 Å². The maximum Gasteiger partial charge on any atom is 0.0554 e. The Morgan fingerprint density at radius 2 is 1.62 bits per heavy atom. The molecule has 0 bridgehead atoms. The highest BCUT2D eigenvalue weighted by atomic mass is 32.1. The highest BCUT2D eigenvalue weighted by Gasteiger charge is 1.68. The highest BCUT2D eigenvalue weighted by molar-refractivity contribution is 7.78. The molecule has 0 rings (SSSR count). The van der Waals surface area contributed by atoms with E-state index in [1.54, 1.807) is 5.16 Å². The smallest absolute Gasteiger partial charge is 0.0554 e. The lowest BCUT2D eigenvalue weighted by Crippen LogP contribution is -1.59. The fraction of sp³-hybridized carbons (Fsp3) is 0.833. The third-order valence-corrected chi connectivity index (χ3v) is 0.707. The SMILES string of the molecule is CCCCC.N=C=S. The summed E-state index contributed by atoms with van der Waals surface area (Å²) in [4.78, 5) is 0. The fourth-order valence-corrected chi connectivity index (χ4v) is 0.354. The van der Waals surface area contributed by atoms with E-state index >= 15 is 0 Å². The van der Waals surface area contributed by atoms with Gasteiger partial charge in [0, 0.05) is 0 Å². The predicted molar refractivity (Wildman–Crippen MR) is 40.5 cm³/mol. The molecule has 8 heavy (non-hydrogen) atoms. The molecule has 0 aliphatic rings. The fourth-order valence-electron chi connectivity index (χ4n) is 0.354. The predicted octanol–water partition coefficient (Wildman–Crippen LogP) is 2.86. The number of nitrogens with one attached hydrogen (secondary N) is 1. The third-order valence-electron chi connectivity index (χ3n) is 0.707. The monoisotopic (exact) mass is 131 g/mol. The van der Waals surface area contributed by atoms with Crippen molar-refractivity contribution in [2.24, 2.45) is 0 Å². The second-order valence-electron chi connectivity index (χ2n) is 1.46. The van der Waals surface area contributed by atoms with E-state index < -0.39 is 0 Å². The van der Waals surface area contributed by atoms with Crippen molar-refractivity contribution in [3.63, 3.8) is 0 Å². The number of thiocarbonyl (C=S) groups is 1. The number of hydrogen-bond acceptors (Lipinski definition) is 2. The second-order valence-corrected chi connectivity index (χ2v) is 1.66. The summed E-state index contributed by atoms with van der Waals surface area (Å²) in [5, 5.41) is 7.36. The molecule has 0 aromatic carbocycles. The van der Waals surface area contributed by atoms with Crippen LogP contribution in [0.2, 0.25) is 0 Å². The van der Waals surface area contributed by atoms with Crippen molar-refractivity contribution in [1.82, 2.24) is 0 Å². The Bertz CT molecular complexity index is 53.5. The molecule has 1 nitrogen and oxygen atoms in total. The van der Waals surface area contributed by atoms with Crippen LogP contribution in [0.4, 0.5) is 0 Å². The summed E-state index contributed by atoms with van der Waals surface area (Å²) in [6.45, 7) is 4.42. The molecular weight excluding hydrogens is 118 g/mol. The first kappa shape index (κ1) is 10.7. The van der Waals surface area contributed by atoms with E-state index in [1.807, 2.05) is 0 Å². The largest absolute Gasteiger partial charge is 0.248 e. The highest BCUT2D eigenvalue weighted by Crippen LogP contribution is 1.88. The number of isothiocyanates is 1. The molecule has 0 aromatic rings. The third kappa shape index (κ3) is 41.2. The molecule has 0 unspecified atom stereocenters. The molecule has 0 saturated heterocycles. The summed E-state index contributed by atoms with van der Waals surface area (Å²) in [6, 6.07) is 0. The Labute approximate surface area is 56.6 Å². The van der Waals surface area contributed by atoms with E-state index in [0.29, 0.717) is 0 Å². The summed E-state index contributed by atoms with van der Waals surface area (Å²) in [5.74, 6) is 0. The number of rotatable bonds is 2. The normalized spacial score (nSPS) is 6.25. The van der Waals surface area contributed by atoms with Crippen LogP contribution in [0.15, 0.2) is 0 Å². The zero-order valence-corrected chi connectivity index (χ0v) is 6.35. The molecule has 0 aliphatic carbocycles. The van der Waals surface area contributed by atoms with Gasteiger partial charge in [-0.2, -0.15) is 0 Å². The lowest BCUT2D eigenvalue weighted by atomic mass is 10.3. The zero-order valence-electron chi connectivity index (χ0n) is 5.53. The Balaban J connectivity index is 0. The van der Waals surface area contributed by atoms with Crippen molar-refractivity contribution in [3.05, 3.63) is 0 Å². The maximum absolute atomic E-state index is 5.77. The lowest BCUT2D eigenvalue weighted by molar-refractivity contribution is 0.772. The standard InChI is InChI=1S/C5H12.CHNS/c1-3-5-4-2;2-1-3/h3-5H2,1-2H3;2H.